The summed E-state index contributed by atoms with van der Waals surface area (Å²) in [6.45, 7) is 0.370. The van der Waals surface area contributed by atoms with Gasteiger partial charge in [-0.3, -0.25) is 0 Å². The molecule has 3 rings (SSSR count). The molecule has 0 aliphatic carbocycles. The van der Waals surface area contributed by atoms with E-state index in [0.29, 0.717) is 18.1 Å². The van der Waals surface area contributed by atoms with Crippen LogP contribution in [0.25, 0.3) is 10.2 Å². The molecule has 0 amide bonds. The van der Waals surface area contributed by atoms with Crippen molar-refractivity contribution >= 4 is 33.3 Å². The Labute approximate surface area is 111 Å². The van der Waals surface area contributed by atoms with E-state index >= 15 is 0 Å². The van der Waals surface area contributed by atoms with Gasteiger partial charge in [-0.1, -0.05) is 0 Å². The molecule has 0 aliphatic rings. The molecule has 0 saturated heterocycles. The van der Waals surface area contributed by atoms with Crippen LogP contribution in [0.5, 0.6) is 0 Å². The van der Waals surface area contributed by atoms with Crippen molar-refractivity contribution in [2.75, 3.05) is 5.32 Å². The SMILES string of the molecule is O=C(O)c1ccc(CNc2ncnc3sccc23)o1. The number of carboxylic acids is 1. The van der Waals surface area contributed by atoms with Crippen molar-refractivity contribution in [3.8, 4) is 0 Å². The van der Waals surface area contributed by atoms with Crippen molar-refractivity contribution in [1.29, 1.82) is 0 Å². The fourth-order valence-electron chi connectivity index (χ4n) is 1.69. The summed E-state index contributed by atoms with van der Waals surface area (Å²) in [7, 11) is 0. The number of furan rings is 1. The summed E-state index contributed by atoms with van der Waals surface area (Å²) in [6.07, 6.45) is 1.49. The number of anilines is 1. The van der Waals surface area contributed by atoms with Gasteiger partial charge in [0.05, 0.1) is 11.9 Å². The molecule has 0 aromatic carbocycles. The van der Waals surface area contributed by atoms with E-state index in [9.17, 15) is 4.79 Å². The number of rotatable bonds is 4. The largest absolute Gasteiger partial charge is 0.475 e. The van der Waals surface area contributed by atoms with E-state index in [1.54, 1.807) is 6.07 Å². The average Bonchev–Trinajstić information content (AvgIpc) is 3.05. The van der Waals surface area contributed by atoms with E-state index in [2.05, 4.69) is 15.3 Å². The summed E-state index contributed by atoms with van der Waals surface area (Å²) in [5.41, 5.74) is 0. The first-order chi connectivity index (χ1) is 9.24. The topological polar surface area (TPSA) is 88.2 Å². The molecule has 3 aromatic rings. The zero-order valence-electron chi connectivity index (χ0n) is 9.66. The Morgan fingerprint density at radius 2 is 2.26 bits per heavy atom. The van der Waals surface area contributed by atoms with E-state index < -0.39 is 5.97 Å². The molecule has 0 atom stereocenters. The van der Waals surface area contributed by atoms with Gasteiger partial charge >= 0.3 is 5.97 Å². The van der Waals surface area contributed by atoms with Crippen LogP contribution < -0.4 is 5.32 Å². The molecular formula is C12H9N3O3S. The number of aromatic carboxylic acids is 1. The van der Waals surface area contributed by atoms with Crippen molar-refractivity contribution in [2.45, 2.75) is 6.54 Å². The van der Waals surface area contributed by atoms with Crippen LogP contribution >= 0.6 is 11.3 Å². The van der Waals surface area contributed by atoms with E-state index in [1.165, 1.54) is 23.7 Å². The lowest BCUT2D eigenvalue weighted by molar-refractivity contribution is 0.0660. The molecule has 0 bridgehead atoms. The van der Waals surface area contributed by atoms with Crippen LogP contribution in [0.15, 0.2) is 34.3 Å². The Kier molecular flexibility index (Phi) is 2.88. The maximum Gasteiger partial charge on any atom is 0.371 e. The molecule has 19 heavy (non-hydrogen) atoms. The zero-order chi connectivity index (χ0) is 13.2. The van der Waals surface area contributed by atoms with E-state index in [-0.39, 0.29) is 5.76 Å². The van der Waals surface area contributed by atoms with Crippen LogP contribution in [0.4, 0.5) is 5.82 Å². The molecule has 96 valence electrons. The highest BCUT2D eigenvalue weighted by molar-refractivity contribution is 7.16. The molecule has 0 spiro atoms. The van der Waals surface area contributed by atoms with Crippen LogP contribution in [0, 0.1) is 0 Å². The molecule has 3 heterocycles. The van der Waals surface area contributed by atoms with Crippen LogP contribution in [-0.2, 0) is 6.54 Å². The maximum absolute atomic E-state index is 10.7. The highest BCUT2D eigenvalue weighted by Crippen LogP contribution is 2.24. The van der Waals surface area contributed by atoms with Gasteiger partial charge in [0.1, 0.15) is 22.7 Å². The van der Waals surface area contributed by atoms with Crippen molar-refractivity contribution in [2.24, 2.45) is 0 Å². The predicted molar refractivity (Wildman–Crippen MR) is 70.4 cm³/mol. The number of aromatic nitrogens is 2. The second-order valence-electron chi connectivity index (χ2n) is 3.79. The number of carboxylic acid groups (broad SMARTS) is 1. The standard InChI is InChI=1S/C12H9N3O3S/c16-12(17)9-2-1-7(18-9)5-13-10-8-3-4-19-11(8)15-6-14-10/h1-4,6H,5H2,(H,16,17)(H,13,14,15). The maximum atomic E-state index is 10.7. The molecule has 0 saturated carbocycles. The fourth-order valence-corrected chi connectivity index (χ4v) is 2.42. The quantitative estimate of drug-likeness (QED) is 0.760. The molecule has 6 nitrogen and oxygen atoms in total. The third kappa shape index (κ3) is 2.27. The molecule has 2 N–H and O–H groups in total. The van der Waals surface area contributed by atoms with Crippen LogP contribution in [0.2, 0.25) is 0 Å². The number of carbonyl (C=O) groups is 1. The molecule has 7 heteroatoms. The van der Waals surface area contributed by atoms with E-state index in [1.807, 2.05) is 11.4 Å². The minimum absolute atomic E-state index is 0.0693. The summed E-state index contributed by atoms with van der Waals surface area (Å²) in [5.74, 6) is 0.104. The van der Waals surface area contributed by atoms with Gasteiger partial charge in [0.15, 0.2) is 0 Å². The minimum Gasteiger partial charge on any atom is -0.475 e. The van der Waals surface area contributed by atoms with Crippen molar-refractivity contribution in [3.05, 3.63) is 41.4 Å². The average molecular weight is 275 g/mol. The predicted octanol–water partition coefficient (Wildman–Crippen LogP) is 2.59. The summed E-state index contributed by atoms with van der Waals surface area (Å²) < 4.78 is 5.16. The second-order valence-corrected chi connectivity index (χ2v) is 4.68. The molecule has 0 radical (unpaired) electrons. The van der Waals surface area contributed by atoms with Crippen molar-refractivity contribution in [3.63, 3.8) is 0 Å². The molecule has 3 aromatic heterocycles. The summed E-state index contributed by atoms with van der Waals surface area (Å²) in [5, 5.41) is 14.8. The minimum atomic E-state index is -1.08. The fraction of sp³-hybridized carbons (Fsp3) is 0.0833. The van der Waals surface area contributed by atoms with Gasteiger partial charge in [0.25, 0.3) is 0 Å². The van der Waals surface area contributed by atoms with Crippen molar-refractivity contribution in [1.82, 2.24) is 9.97 Å². The second kappa shape index (κ2) is 4.69. The van der Waals surface area contributed by atoms with Crippen LogP contribution in [0.3, 0.4) is 0 Å². The summed E-state index contributed by atoms with van der Waals surface area (Å²) >= 11 is 1.54. The van der Waals surface area contributed by atoms with Crippen LogP contribution in [-0.4, -0.2) is 21.0 Å². The third-order valence-corrected chi connectivity index (χ3v) is 3.38. The zero-order valence-corrected chi connectivity index (χ0v) is 10.5. The normalized spacial score (nSPS) is 10.7. The summed E-state index contributed by atoms with van der Waals surface area (Å²) in [4.78, 5) is 19.9. The first-order valence-corrected chi connectivity index (χ1v) is 6.36. The number of hydrogen-bond acceptors (Lipinski definition) is 6. The van der Waals surface area contributed by atoms with Crippen LogP contribution in [0.1, 0.15) is 16.3 Å². The van der Waals surface area contributed by atoms with Crippen molar-refractivity contribution < 1.29 is 14.3 Å². The Morgan fingerprint density at radius 1 is 1.37 bits per heavy atom. The summed E-state index contributed by atoms with van der Waals surface area (Å²) in [6, 6.07) is 5.00. The number of nitrogens with one attached hydrogen (secondary N) is 1. The van der Waals surface area contributed by atoms with Gasteiger partial charge in [-0.2, -0.15) is 0 Å². The Bertz CT molecular complexity index is 734. The Balaban J connectivity index is 1.78. The molecule has 0 unspecified atom stereocenters. The van der Waals surface area contributed by atoms with Gasteiger partial charge in [-0.05, 0) is 23.6 Å². The lowest BCUT2D eigenvalue weighted by Gasteiger charge is -2.03. The number of thiophene rings is 1. The Hall–Kier alpha value is -2.41. The number of nitrogens with zero attached hydrogens (tertiary/aromatic N) is 2. The monoisotopic (exact) mass is 275 g/mol. The van der Waals surface area contributed by atoms with Gasteiger partial charge in [0.2, 0.25) is 5.76 Å². The van der Waals surface area contributed by atoms with E-state index in [4.69, 9.17) is 9.52 Å². The number of fused-ring (bicyclic) bond motifs is 1. The number of hydrogen-bond donors (Lipinski definition) is 2. The highest BCUT2D eigenvalue weighted by Gasteiger charge is 2.09. The first-order valence-electron chi connectivity index (χ1n) is 5.48. The molecule has 0 aliphatic heterocycles. The van der Waals surface area contributed by atoms with Gasteiger partial charge in [-0.25, -0.2) is 14.8 Å². The van der Waals surface area contributed by atoms with Gasteiger partial charge < -0.3 is 14.8 Å². The highest BCUT2D eigenvalue weighted by atomic mass is 32.1. The van der Waals surface area contributed by atoms with Gasteiger partial charge in [-0.15, -0.1) is 11.3 Å². The third-order valence-electron chi connectivity index (χ3n) is 2.56. The molecule has 0 fully saturated rings. The lowest BCUT2D eigenvalue weighted by Crippen LogP contribution is -2.01. The smallest absolute Gasteiger partial charge is 0.371 e. The molecular weight excluding hydrogens is 266 g/mol. The Morgan fingerprint density at radius 3 is 3.05 bits per heavy atom. The van der Waals surface area contributed by atoms with E-state index in [0.717, 1.165) is 10.2 Å². The van der Waals surface area contributed by atoms with Gasteiger partial charge in [0, 0.05) is 0 Å². The lowest BCUT2D eigenvalue weighted by atomic mass is 10.3. The first kappa shape index (κ1) is 11.7.